The summed E-state index contributed by atoms with van der Waals surface area (Å²) in [6.07, 6.45) is 3.36. The van der Waals surface area contributed by atoms with E-state index in [4.69, 9.17) is 0 Å². The number of nitrogens with zero attached hydrogens (tertiary/aromatic N) is 2. The van der Waals surface area contributed by atoms with Gasteiger partial charge in [0, 0.05) is 23.0 Å². The molecule has 0 saturated heterocycles. The average Bonchev–Trinajstić information content (AvgIpc) is 3.00. The minimum atomic E-state index is -0.646. The summed E-state index contributed by atoms with van der Waals surface area (Å²) in [6, 6.07) is 7.05. The Bertz CT molecular complexity index is 991. The lowest BCUT2D eigenvalue weighted by Crippen LogP contribution is -2.29. The fraction of sp³-hybridized carbons (Fsp3) is 0.278. The van der Waals surface area contributed by atoms with Crippen molar-refractivity contribution in [1.82, 2.24) is 9.55 Å². The number of fused-ring (bicyclic) bond motifs is 1. The van der Waals surface area contributed by atoms with Crippen molar-refractivity contribution >= 4 is 33.3 Å². The Balaban J connectivity index is 2.13. The molecule has 2 N–H and O–H groups in total. The molecule has 0 aliphatic carbocycles. The van der Waals surface area contributed by atoms with Gasteiger partial charge in [0.2, 0.25) is 0 Å². The van der Waals surface area contributed by atoms with E-state index in [-0.39, 0.29) is 11.3 Å². The largest absolute Gasteiger partial charge is 0.506 e. The van der Waals surface area contributed by atoms with Crippen molar-refractivity contribution < 1.29 is 9.90 Å². The fourth-order valence-corrected chi connectivity index (χ4v) is 3.36. The smallest absolute Gasteiger partial charge is 0.267 e. The highest BCUT2D eigenvalue weighted by molar-refractivity contribution is 7.15. The zero-order chi connectivity index (χ0) is 18.0. The number of aromatic hydroxyl groups is 1. The van der Waals surface area contributed by atoms with Crippen LogP contribution in [0.3, 0.4) is 0 Å². The molecule has 0 atom stereocenters. The first-order valence-electron chi connectivity index (χ1n) is 8.11. The molecule has 6 nitrogen and oxygen atoms in total. The number of thiazole rings is 1. The van der Waals surface area contributed by atoms with E-state index in [2.05, 4.69) is 10.3 Å². The minimum absolute atomic E-state index is 0.248. The van der Waals surface area contributed by atoms with Crippen LogP contribution >= 0.6 is 11.3 Å². The molecule has 0 bridgehead atoms. The van der Waals surface area contributed by atoms with Gasteiger partial charge in [-0.2, -0.15) is 0 Å². The van der Waals surface area contributed by atoms with Gasteiger partial charge in [-0.15, -0.1) is 11.3 Å². The van der Waals surface area contributed by atoms with Crippen LogP contribution in [0, 0.1) is 6.92 Å². The van der Waals surface area contributed by atoms with Crippen LogP contribution in [0.25, 0.3) is 10.9 Å². The minimum Gasteiger partial charge on any atom is -0.506 e. The summed E-state index contributed by atoms with van der Waals surface area (Å²) in [5.74, 6) is -0.938. The number of hydrogen-bond acceptors (Lipinski definition) is 5. The second kappa shape index (κ2) is 7.06. The van der Waals surface area contributed by atoms with Crippen LogP contribution in [0.15, 0.2) is 35.3 Å². The summed E-state index contributed by atoms with van der Waals surface area (Å²) in [4.78, 5) is 30.5. The van der Waals surface area contributed by atoms with Gasteiger partial charge in [0.1, 0.15) is 11.3 Å². The number of nitrogens with one attached hydrogen (secondary N) is 1. The second-order valence-electron chi connectivity index (χ2n) is 5.78. The number of rotatable bonds is 5. The number of aromatic nitrogens is 2. The molecule has 7 heteroatoms. The third-order valence-corrected chi connectivity index (χ3v) is 4.78. The number of unbranched alkanes of at least 4 members (excludes halogenated alkanes) is 1. The number of hydrogen-bond donors (Lipinski definition) is 2. The van der Waals surface area contributed by atoms with E-state index in [1.807, 2.05) is 19.9 Å². The Labute approximate surface area is 148 Å². The van der Waals surface area contributed by atoms with Gasteiger partial charge >= 0.3 is 0 Å². The molecule has 2 heterocycles. The summed E-state index contributed by atoms with van der Waals surface area (Å²) in [6.45, 7) is 4.40. The molecule has 0 saturated carbocycles. The van der Waals surface area contributed by atoms with Crippen LogP contribution in [-0.4, -0.2) is 20.6 Å². The molecule has 3 rings (SSSR count). The van der Waals surface area contributed by atoms with Crippen LogP contribution in [0.4, 0.5) is 5.13 Å². The Hall–Kier alpha value is -2.67. The molecule has 0 unspecified atom stereocenters. The van der Waals surface area contributed by atoms with Crippen LogP contribution in [0.1, 0.15) is 35.0 Å². The maximum absolute atomic E-state index is 12.9. The summed E-state index contributed by atoms with van der Waals surface area (Å²) in [5.41, 5.74) is -0.113. The van der Waals surface area contributed by atoms with Crippen LogP contribution in [0.5, 0.6) is 5.75 Å². The number of pyridine rings is 1. The summed E-state index contributed by atoms with van der Waals surface area (Å²) in [5, 5.41) is 14.0. The normalized spacial score (nSPS) is 11.0. The van der Waals surface area contributed by atoms with Crippen LogP contribution in [0.2, 0.25) is 0 Å². The standard InChI is InChI=1S/C18H19N3O3S/c1-3-4-9-21-13-8-6-5-7-12(13)15(22)14(17(21)24)16(23)20-18-19-10-11(2)25-18/h5-8,10,22H,3-4,9H2,1-2H3,(H,19,20,23). The molecular weight excluding hydrogens is 338 g/mol. The molecular formula is C18H19N3O3S. The maximum Gasteiger partial charge on any atom is 0.267 e. The van der Waals surface area contributed by atoms with E-state index in [0.29, 0.717) is 22.6 Å². The third kappa shape index (κ3) is 3.28. The van der Waals surface area contributed by atoms with Crippen molar-refractivity contribution in [2.75, 3.05) is 5.32 Å². The van der Waals surface area contributed by atoms with Crippen molar-refractivity contribution in [3.8, 4) is 5.75 Å². The number of amides is 1. The zero-order valence-corrected chi connectivity index (χ0v) is 14.9. The van der Waals surface area contributed by atoms with Gasteiger partial charge in [-0.3, -0.25) is 14.9 Å². The first-order chi connectivity index (χ1) is 12.0. The number of anilines is 1. The summed E-state index contributed by atoms with van der Waals surface area (Å²) >= 11 is 1.31. The van der Waals surface area contributed by atoms with E-state index >= 15 is 0 Å². The molecule has 0 fully saturated rings. The number of aryl methyl sites for hydroxylation is 2. The van der Waals surface area contributed by atoms with E-state index in [0.717, 1.165) is 17.7 Å². The highest BCUT2D eigenvalue weighted by Gasteiger charge is 2.22. The van der Waals surface area contributed by atoms with Crippen molar-refractivity contribution in [3.63, 3.8) is 0 Å². The summed E-state index contributed by atoms with van der Waals surface area (Å²) in [7, 11) is 0. The van der Waals surface area contributed by atoms with Gasteiger partial charge in [-0.1, -0.05) is 25.5 Å². The van der Waals surface area contributed by atoms with Crippen molar-refractivity contribution in [3.05, 3.63) is 51.3 Å². The van der Waals surface area contributed by atoms with Crippen LogP contribution < -0.4 is 10.9 Å². The predicted molar refractivity (Wildman–Crippen MR) is 99.6 cm³/mol. The quantitative estimate of drug-likeness (QED) is 0.732. The third-order valence-electron chi connectivity index (χ3n) is 3.95. The Morgan fingerprint density at radius 3 is 2.80 bits per heavy atom. The SMILES string of the molecule is CCCCn1c(=O)c(C(=O)Nc2ncc(C)s2)c(O)c2ccccc21. The average molecular weight is 357 g/mol. The maximum atomic E-state index is 12.9. The topological polar surface area (TPSA) is 84.2 Å². The highest BCUT2D eigenvalue weighted by Crippen LogP contribution is 2.27. The van der Waals surface area contributed by atoms with Gasteiger partial charge in [0.05, 0.1) is 5.52 Å². The zero-order valence-electron chi connectivity index (χ0n) is 14.1. The molecule has 1 aromatic carbocycles. The number of carbonyl (C=O) groups excluding carboxylic acids is 1. The van der Waals surface area contributed by atoms with Crippen molar-refractivity contribution in [2.45, 2.75) is 33.2 Å². The Morgan fingerprint density at radius 1 is 1.36 bits per heavy atom. The molecule has 0 aliphatic rings. The number of para-hydroxylation sites is 1. The monoisotopic (exact) mass is 357 g/mol. The molecule has 1 amide bonds. The lowest BCUT2D eigenvalue weighted by molar-refractivity contribution is 0.102. The van der Waals surface area contributed by atoms with Crippen molar-refractivity contribution in [1.29, 1.82) is 0 Å². The highest BCUT2D eigenvalue weighted by atomic mass is 32.1. The van der Waals surface area contributed by atoms with Gasteiger partial charge in [-0.25, -0.2) is 4.98 Å². The van der Waals surface area contributed by atoms with E-state index in [9.17, 15) is 14.7 Å². The molecule has 0 aliphatic heterocycles. The van der Waals surface area contributed by atoms with Gasteiger partial charge in [-0.05, 0) is 25.5 Å². The first-order valence-corrected chi connectivity index (χ1v) is 8.92. The lowest BCUT2D eigenvalue weighted by Gasteiger charge is -2.14. The number of benzene rings is 1. The van der Waals surface area contributed by atoms with E-state index in [1.165, 1.54) is 11.3 Å². The molecule has 2 aromatic heterocycles. The van der Waals surface area contributed by atoms with Crippen LogP contribution in [-0.2, 0) is 6.54 Å². The fourth-order valence-electron chi connectivity index (χ4n) is 2.70. The second-order valence-corrected chi connectivity index (χ2v) is 7.02. The Kier molecular flexibility index (Phi) is 4.85. The van der Waals surface area contributed by atoms with Gasteiger partial charge < -0.3 is 9.67 Å². The predicted octanol–water partition coefficient (Wildman–Crippen LogP) is 3.52. The van der Waals surface area contributed by atoms with Crippen molar-refractivity contribution in [2.24, 2.45) is 0 Å². The number of carbonyl (C=O) groups is 1. The van der Waals surface area contributed by atoms with E-state index in [1.54, 1.807) is 29.0 Å². The first kappa shape index (κ1) is 17.2. The van der Waals surface area contributed by atoms with E-state index < -0.39 is 11.5 Å². The molecule has 25 heavy (non-hydrogen) atoms. The molecule has 0 spiro atoms. The Morgan fingerprint density at radius 2 is 2.12 bits per heavy atom. The lowest BCUT2D eigenvalue weighted by atomic mass is 10.1. The molecule has 0 radical (unpaired) electrons. The summed E-state index contributed by atoms with van der Waals surface area (Å²) < 4.78 is 1.56. The van der Waals surface area contributed by atoms with Gasteiger partial charge in [0.15, 0.2) is 5.13 Å². The molecule has 3 aromatic rings. The molecule has 130 valence electrons. The van der Waals surface area contributed by atoms with Gasteiger partial charge in [0.25, 0.3) is 11.5 Å².